The van der Waals surface area contributed by atoms with Crippen molar-refractivity contribution < 1.29 is 13.9 Å². The number of benzene rings is 2. The van der Waals surface area contributed by atoms with E-state index < -0.39 is 0 Å². The van der Waals surface area contributed by atoms with Gasteiger partial charge in [-0.05, 0) is 29.8 Å². The van der Waals surface area contributed by atoms with Gasteiger partial charge in [-0.1, -0.05) is 6.07 Å². The number of guanidine groups is 1. The molecule has 0 atom stereocenters. The summed E-state index contributed by atoms with van der Waals surface area (Å²) in [6, 6.07) is 10.5. The highest BCUT2D eigenvalue weighted by molar-refractivity contribution is 14.0. The third-order valence-electron chi connectivity index (χ3n) is 4.12. The number of halogens is 2. The number of nitrogens with one attached hydrogen (secondary N) is 2. The molecule has 0 spiro atoms. The molecule has 0 aliphatic heterocycles. The standard InChI is InChI=1S/C20H22FN5O2.HI/c1-22-20(25-15-5-7-18(27-2)19(11-15)28-3)24-12-14-4-6-17(16(21)10-14)26-9-8-23-13-26;/h4-11,13H,12H2,1-3H3,(H2,22,24,25);1H. The molecule has 0 aliphatic rings. The zero-order chi connectivity index (χ0) is 19.9. The predicted octanol–water partition coefficient (Wildman–Crippen LogP) is 3.83. The van der Waals surface area contributed by atoms with E-state index in [9.17, 15) is 4.39 Å². The van der Waals surface area contributed by atoms with Crippen molar-refractivity contribution in [3.05, 3.63) is 66.5 Å². The summed E-state index contributed by atoms with van der Waals surface area (Å²) < 4.78 is 26.5. The van der Waals surface area contributed by atoms with E-state index in [2.05, 4.69) is 20.6 Å². The number of rotatable bonds is 6. The van der Waals surface area contributed by atoms with Crippen LogP contribution < -0.4 is 20.1 Å². The highest BCUT2D eigenvalue weighted by Gasteiger charge is 2.08. The van der Waals surface area contributed by atoms with Gasteiger partial charge in [0.05, 0.1) is 26.2 Å². The van der Waals surface area contributed by atoms with E-state index in [0.29, 0.717) is 29.7 Å². The molecule has 2 N–H and O–H groups in total. The summed E-state index contributed by atoms with van der Waals surface area (Å²) in [5, 5.41) is 6.33. The average molecular weight is 511 g/mol. The summed E-state index contributed by atoms with van der Waals surface area (Å²) in [6.45, 7) is 0.411. The van der Waals surface area contributed by atoms with Gasteiger partial charge >= 0.3 is 0 Å². The average Bonchev–Trinajstić information content (AvgIpc) is 3.25. The Kier molecular flexibility index (Phi) is 8.25. The lowest BCUT2D eigenvalue weighted by atomic mass is 10.2. The van der Waals surface area contributed by atoms with E-state index in [1.807, 2.05) is 18.2 Å². The Hall–Kier alpha value is -2.82. The first kappa shape index (κ1) is 22.5. The van der Waals surface area contributed by atoms with Crippen molar-refractivity contribution in [1.29, 1.82) is 0 Å². The number of aliphatic imine (C=N–C) groups is 1. The zero-order valence-corrected chi connectivity index (χ0v) is 18.7. The van der Waals surface area contributed by atoms with E-state index in [0.717, 1.165) is 11.3 Å². The Labute approximate surface area is 186 Å². The first-order valence-corrected chi connectivity index (χ1v) is 8.61. The molecule has 9 heteroatoms. The number of hydrogen-bond acceptors (Lipinski definition) is 4. The molecule has 0 saturated heterocycles. The second kappa shape index (κ2) is 10.6. The lowest BCUT2D eigenvalue weighted by Gasteiger charge is -2.14. The minimum absolute atomic E-state index is 0. The Morgan fingerprint density at radius 1 is 1.14 bits per heavy atom. The predicted molar refractivity (Wildman–Crippen MR) is 122 cm³/mol. The van der Waals surface area contributed by atoms with E-state index in [-0.39, 0.29) is 29.8 Å². The molecule has 154 valence electrons. The Morgan fingerprint density at radius 3 is 2.55 bits per heavy atom. The fourth-order valence-corrected chi connectivity index (χ4v) is 2.69. The SMILES string of the molecule is CN=C(NCc1ccc(-n2ccnc2)c(F)c1)Nc1ccc(OC)c(OC)c1.I. The number of ether oxygens (including phenoxy) is 2. The summed E-state index contributed by atoms with van der Waals surface area (Å²) in [5.41, 5.74) is 2.03. The minimum atomic E-state index is -0.319. The summed E-state index contributed by atoms with van der Waals surface area (Å²) in [7, 11) is 4.83. The number of anilines is 1. The molecule has 3 aromatic rings. The van der Waals surface area contributed by atoms with Gasteiger partial charge in [-0.15, -0.1) is 24.0 Å². The Bertz CT molecular complexity index is 964. The van der Waals surface area contributed by atoms with Crippen molar-refractivity contribution in [2.45, 2.75) is 6.54 Å². The molecule has 0 saturated carbocycles. The van der Waals surface area contributed by atoms with Crippen LogP contribution in [0.3, 0.4) is 0 Å². The fourth-order valence-electron chi connectivity index (χ4n) is 2.69. The lowest BCUT2D eigenvalue weighted by Crippen LogP contribution is -2.30. The van der Waals surface area contributed by atoms with E-state index >= 15 is 0 Å². The maximum Gasteiger partial charge on any atom is 0.195 e. The molecule has 0 aliphatic carbocycles. The summed E-state index contributed by atoms with van der Waals surface area (Å²) >= 11 is 0. The van der Waals surface area contributed by atoms with Crippen LogP contribution in [0.25, 0.3) is 5.69 Å². The van der Waals surface area contributed by atoms with Crippen molar-refractivity contribution in [1.82, 2.24) is 14.9 Å². The maximum absolute atomic E-state index is 14.4. The van der Waals surface area contributed by atoms with Crippen molar-refractivity contribution in [3.8, 4) is 17.2 Å². The Morgan fingerprint density at radius 2 is 1.93 bits per heavy atom. The number of methoxy groups -OCH3 is 2. The van der Waals surface area contributed by atoms with Crippen LogP contribution in [0.15, 0.2) is 60.1 Å². The van der Waals surface area contributed by atoms with E-state index in [1.165, 1.54) is 6.07 Å². The molecule has 29 heavy (non-hydrogen) atoms. The third-order valence-corrected chi connectivity index (χ3v) is 4.12. The van der Waals surface area contributed by atoms with Gasteiger partial charge in [-0.3, -0.25) is 4.99 Å². The molecule has 0 amide bonds. The highest BCUT2D eigenvalue weighted by Crippen LogP contribution is 2.29. The number of hydrogen-bond donors (Lipinski definition) is 2. The zero-order valence-electron chi connectivity index (χ0n) is 16.3. The smallest absolute Gasteiger partial charge is 0.195 e. The molecular formula is C20H23FIN5O2. The van der Waals surface area contributed by atoms with Crippen LogP contribution in [0.1, 0.15) is 5.56 Å². The molecule has 0 fully saturated rings. The second-order valence-electron chi connectivity index (χ2n) is 5.88. The van der Waals surface area contributed by atoms with Crippen LogP contribution in [0, 0.1) is 5.82 Å². The summed E-state index contributed by atoms with van der Waals surface area (Å²) in [5.74, 6) is 1.48. The maximum atomic E-state index is 14.4. The molecule has 0 unspecified atom stereocenters. The van der Waals surface area contributed by atoms with Gasteiger partial charge in [0.1, 0.15) is 5.82 Å². The molecule has 0 radical (unpaired) electrons. The minimum Gasteiger partial charge on any atom is -0.493 e. The van der Waals surface area contributed by atoms with Crippen LogP contribution in [0.5, 0.6) is 11.5 Å². The molecular weight excluding hydrogens is 488 g/mol. The quantitative estimate of drug-likeness (QED) is 0.299. The fraction of sp³-hybridized carbons (Fsp3) is 0.200. The van der Waals surface area contributed by atoms with Gasteiger partial charge in [-0.2, -0.15) is 0 Å². The van der Waals surface area contributed by atoms with Crippen LogP contribution in [-0.4, -0.2) is 36.8 Å². The van der Waals surface area contributed by atoms with E-state index in [4.69, 9.17) is 9.47 Å². The Balaban J connectivity index is 0.00000300. The molecule has 1 aromatic heterocycles. The van der Waals surface area contributed by atoms with Crippen molar-refractivity contribution in [2.75, 3.05) is 26.6 Å². The van der Waals surface area contributed by atoms with Crippen LogP contribution in [0.2, 0.25) is 0 Å². The normalized spacial score (nSPS) is 10.8. The van der Waals surface area contributed by atoms with Gasteiger partial charge in [0.2, 0.25) is 0 Å². The van der Waals surface area contributed by atoms with Crippen LogP contribution >= 0.6 is 24.0 Å². The molecule has 7 nitrogen and oxygen atoms in total. The van der Waals surface area contributed by atoms with Gasteiger partial charge < -0.3 is 24.7 Å². The van der Waals surface area contributed by atoms with Crippen LogP contribution in [-0.2, 0) is 6.54 Å². The lowest BCUT2D eigenvalue weighted by molar-refractivity contribution is 0.355. The van der Waals surface area contributed by atoms with Gasteiger partial charge in [-0.25, -0.2) is 9.37 Å². The monoisotopic (exact) mass is 511 g/mol. The van der Waals surface area contributed by atoms with Gasteiger partial charge in [0.25, 0.3) is 0 Å². The van der Waals surface area contributed by atoms with Crippen molar-refractivity contribution >= 4 is 35.6 Å². The topological polar surface area (TPSA) is 72.7 Å². The first-order chi connectivity index (χ1) is 13.6. The second-order valence-corrected chi connectivity index (χ2v) is 5.88. The summed E-state index contributed by atoms with van der Waals surface area (Å²) in [6.07, 6.45) is 4.87. The van der Waals surface area contributed by atoms with Crippen molar-refractivity contribution in [2.24, 2.45) is 4.99 Å². The number of imidazole rings is 1. The van der Waals surface area contributed by atoms with E-state index in [1.54, 1.807) is 56.7 Å². The van der Waals surface area contributed by atoms with Gasteiger partial charge in [0, 0.05) is 37.7 Å². The van der Waals surface area contributed by atoms with Gasteiger partial charge in [0.15, 0.2) is 17.5 Å². The number of aromatic nitrogens is 2. The third kappa shape index (κ3) is 5.59. The largest absolute Gasteiger partial charge is 0.493 e. The van der Waals surface area contributed by atoms with Crippen LogP contribution in [0.4, 0.5) is 10.1 Å². The molecule has 2 aromatic carbocycles. The highest BCUT2D eigenvalue weighted by atomic mass is 127. The molecule has 3 rings (SSSR count). The molecule has 0 bridgehead atoms. The first-order valence-electron chi connectivity index (χ1n) is 8.61. The molecule has 1 heterocycles. The number of nitrogens with zero attached hydrogens (tertiary/aromatic N) is 3. The van der Waals surface area contributed by atoms with Crippen molar-refractivity contribution in [3.63, 3.8) is 0 Å². The summed E-state index contributed by atoms with van der Waals surface area (Å²) in [4.78, 5) is 8.13.